The number of non-ortho nitro benzene ring substituents is 1. The van der Waals surface area contributed by atoms with Gasteiger partial charge in [-0.1, -0.05) is 6.07 Å². The molecule has 3 N–H and O–H groups in total. The number of rotatable bonds is 5. The Morgan fingerprint density at radius 1 is 1.19 bits per heavy atom. The van der Waals surface area contributed by atoms with Crippen LogP contribution in [0.5, 0.6) is 0 Å². The van der Waals surface area contributed by atoms with Crippen LogP contribution in [-0.2, 0) is 22.4 Å². The number of hydrogen-bond acceptors (Lipinski definition) is 6. The number of anilines is 2. The van der Waals surface area contributed by atoms with Crippen molar-refractivity contribution < 1.29 is 19.2 Å². The zero-order chi connectivity index (χ0) is 19.6. The third-order valence-corrected chi connectivity index (χ3v) is 4.49. The molecule has 140 valence electrons. The lowest BCUT2D eigenvalue weighted by Crippen LogP contribution is -2.30. The molecule has 8 nitrogen and oxygen atoms in total. The molecule has 2 aromatic rings. The van der Waals surface area contributed by atoms with Crippen LogP contribution in [0, 0.1) is 10.1 Å². The van der Waals surface area contributed by atoms with Crippen molar-refractivity contribution in [2.45, 2.75) is 32.3 Å². The Bertz CT molecular complexity index is 926. The van der Waals surface area contributed by atoms with E-state index in [0.29, 0.717) is 5.69 Å². The number of nitro benzene ring substituents is 1. The van der Waals surface area contributed by atoms with E-state index in [0.717, 1.165) is 25.3 Å². The van der Waals surface area contributed by atoms with E-state index >= 15 is 0 Å². The molecular formula is C19H19N3O5. The number of amides is 1. The molecule has 0 heterocycles. The van der Waals surface area contributed by atoms with Crippen LogP contribution in [-0.4, -0.2) is 22.9 Å². The number of nitro groups is 1. The van der Waals surface area contributed by atoms with Gasteiger partial charge in [0.25, 0.3) is 11.6 Å². The molecule has 0 aliphatic heterocycles. The maximum Gasteiger partial charge on any atom is 0.341 e. The van der Waals surface area contributed by atoms with Crippen molar-refractivity contribution in [1.29, 1.82) is 0 Å². The largest absolute Gasteiger partial charge is 0.449 e. The van der Waals surface area contributed by atoms with Crippen molar-refractivity contribution >= 4 is 28.9 Å². The maximum absolute atomic E-state index is 12.3. The predicted octanol–water partition coefficient (Wildman–Crippen LogP) is 2.85. The fourth-order valence-electron chi connectivity index (χ4n) is 3.01. The second-order valence-corrected chi connectivity index (χ2v) is 6.40. The summed E-state index contributed by atoms with van der Waals surface area (Å²) < 4.78 is 5.13. The predicted molar refractivity (Wildman–Crippen MR) is 99.5 cm³/mol. The van der Waals surface area contributed by atoms with Crippen molar-refractivity contribution in [3.05, 3.63) is 63.2 Å². The van der Waals surface area contributed by atoms with Crippen molar-refractivity contribution in [3.63, 3.8) is 0 Å². The van der Waals surface area contributed by atoms with Gasteiger partial charge in [0.15, 0.2) is 6.10 Å². The van der Waals surface area contributed by atoms with Crippen LogP contribution in [0.25, 0.3) is 0 Å². The van der Waals surface area contributed by atoms with Crippen molar-refractivity contribution in [1.82, 2.24) is 0 Å². The number of fused-ring (bicyclic) bond motifs is 1. The SMILES string of the molecule is C[C@H](OC(=O)c1cc([N+](=O)[O-])ccc1N)C(=O)Nc1ccc2c(c1)CCC2. The Morgan fingerprint density at radius 2 is 1.93 bits per heavy atom. The Morgan fingerprint density at radius 3 is 2.67 bits per heavy atom. The molecule has 1 atom stereocenters. The van der Waals surface area contributed by atoms with Gasteiger partial charge in [0.2, 0.25) is 0 Å². The number of nitrogen functional groups attached to an aromatic ring is 1. The van der Waals surface area contributed by atoms with Gasteiger partial charge in [0.05, 0.1) is 10.5 Å². The van der Waals surface area contributed by atoms with E-state index in [4.69, 9.17) is 10.5 Å². The third kappa shape index (κ3) is 4.05. The topological polar surface area (TPSA) is 125 Å². The highest BCUT2D eigenvalue weighted by atomic mass is 16.6. The number of esters is 1. The van der Waals surface area contributed by atoms with Crippen LogP contribution in [0.1, 0.15) is 34.8 Å². The minimum Gasteiger partial charge on any atom is -0.449 e. The van der Waals surface area contributed by atoms with Crippen molar-refractivity contribution in [2.75, 3.05) is 11.1 Å². The molecule has 0 bridgehead atoms. The number of nitrogens with two attached hydrogens (primary N) is 1. The van der Waals surface area contributed by atoms with Gasteiger partial charge in [-0.05, 0) is 55.5 Å². The highest BCUT2D eigenvalue weighted by Gasteiger charge is 2.23. The van der Waals surface area contributed by atoms with Crippen LogP contribution in [0.3, 0.4) is 0 Å². The van der Waals surface area contributed by atoms with Gasteiger partial charge in [-0.25, -0.2) is 4.79 Å². The van der Waals surface area contributed by atoms with E-state index in [9.17, 15) is 19.7 Å². The Kier molecular flexibility index (Phi) is 5.07. The summed E-state index contributed by atoms with van der Waals surface area (Å²) in [5.41, 5.74) is 8.43. The molecule has 1 aliphatic rings. The number of hydrogen-bond donors (Lipinski definition) is 2. The molecule has 0 radical (unpaired) electrons. The number of carbonyl (C=O) groups is 2. The number of nitrogens with zero attached hydrogens (tertiary/aromatic N) is 1. The van der Waals surface area contributed by atoms with Gasteiger partial charge in [-0.2, -0.15) is 0 Å². The summed E-state index contributed by atoms with van der Waals surface area (Å²) in [4.78, 5) is 34.8. The summed E-state index contributed by atoms with van der Waals surface area (Å²) in [6.45, 7) is 1.42. The fraction of sp³-hybridized carbons (Fsp3) is 0.263. The van der Waals surface area contributed by atoms with E-state index in [1.54, 1.807) is 0 Å². The molecule has 0 saturated carbocycles. The van der Waals surface area contributed by atoms with Crippen LogP contribution in [0.4, 0.5) is 17.1 Å². The zero-order valence-corrected chi connectivity index (χ0v) is 14.7. The molecule has 27 heavy (non-hydrogen) atoms. The number of carbonyl (C=O) groups excluding carboxylic acids is 2. The highest BCUT2D eigenvalue weighted by molar-refractivity contribution is 5.99. The number of nitrogens with one attached hydrogen (secondary N) is 1. The lowest BCUT2D eigenvalue weighted by molar-refractivity contribution is -0.384. The van der Waals surface area contributed by atoms with E-state index < -0.39 is 22.9 Å². The monoisotopic (exact) mass is 369 g/mol. The van der Waals surface area contributed by atoms with E-state index in [1.807, 2.05) is 18.2 Å². The molecule has 3 rings (SSSR count). The summed E-state index contributed by atoms with van der Waals surface area (Å²) in [5, 5.41) is 13.6. The second-order valence-electron chi connectivity index (χ2n) is 6.40. The zero-order valence-electron chi connectivity index (χ0n) is 14.7. The van der Waals surface area contributed by atoms with Crippen LogP contribution in [0.15, 0.2) is 36.4 Å². The minimum absolute atomic E-state index is 0.0387. The summed E-state index contributed by atoms with van der Waals surface area (Å²) in [7, 11) is 0. The molecule has 0 fully saturated rings. The second kappa shape index (κ2) is 7.45. The Hall–Kier alpha value is -3.42. The first-order valence-corrected chi connectivity index (χ1v) is 8.52. The van der Waals surface area contributed by atoms with Crippen LogP contribution in [0.2, 0.25) is 0 Å². The molecule has 0 aromatic heterocycles. The average Bonchev–Trinajstić information content (AvgIpc) is 3.09. The summed E-state index contributed by atoms with van der Waals surface area (Å²) >= 11 is 0. The Balaban J connectivity index is 1.66. The fourth-order valence-corrected chi connectivity index (χ4v) is 3.01. The molecular weight excluding hydrogens is 350 g/mol. The van der Waals surface area contributed by atoms with Crippen LogP contribution >= 0.6 is 0 Å². The molecule has 8 heteroatoms. The lowest BCUT2D eigenvalue weighted by atomic mass is 10.1. The van der Waals surface area contributed by atoms with Gasteiger partial charge in [-0.15, -0.1) is 0 Å². The first-order valence-electron chi connectivity index (χ1n) is 8.52. The smallest absolute Gasteiger partial charge is 0.341 e. The molecule has 2 aromatic carbocycles. The first-order chi connectivity index (χ1) is 12.8. The highest BCUT2D eigenvalue weighted by Crippen LogP contribution is 2.25. The van der Waals surface area contributed by atoms with E-state index in [-0.39, 0.29) is 16.9 Å². The van der Waals surface area contributed by atoms with Gasteiger partial charge in [0.1, 0.15) is 0 Å². The summed E-state index contributed by atoms with van der Waals surface area (Å²) in [6, 6.07) is 9.20. The molecule has 0 saturated heterocycles. The molecule has 0 spiro atoms. The summed E-state index contributed by atoms with van der Waals surface area (Å²) in [5.74, 6) is -1.39. The minimum atomic E-state index is -1.09. The van der Waals surface area contributed by atoms with Gasteiger partial charge in [-0.3, -0.25) is 14.9 Å². The standard InChI is InChI=1S/C19H19N3O5/c1-11(18(23)21-14-6-5-12-3-2-4-13(12)9-14)27-19(24)16-10-15(22(25)26)7-8-17(16)20/h5-11H,2-4,20H2,1H3,(H,21,23)/t11-/m0/s1. The van der Waals surface area contributed by atoms with E-state index in [1.165, 1.54) is 30.2 Å². The van der Waals surface area contributed by atoms with Crippen LogP contribution < -0.4 is 11.1 Å². The first kappa shape index (κ1) is 18.4. The number of aryl methyl sites for hydroxylation is 2. The van der Waals surface area contributed by atoms with Crippen molar-refractivity contribution in [2.24, 2.45) is 0 Å². The third-order valence-electron chi connectivity index (χ3n) is 4.49. The summed E-state index contributed by atoms with van der Waals surface area (Å²) in [6.07, 6.45) is 2.04. The van der Waals surface area contributed by atoms with Gasteiger partial charge in [0, 0.05) is 23.5 Å². The lowest BCUT2D eigenvalue weighted by Gasteiger charge is -2.15. The maximum atomic E-state index is 12.3. The normalized spacial score (nSPS) is 13.5. The van der Waals surface area contributed by atoms with Crippen molar-refractivity contribution in [3.8, 4) is 0 Å². The molecule has 0 unspecified atom stereocenters. The van der Waals surface area contributed by atoms with Gasteiger partial charge >= 0.3 is 5.97 Å². The number of ether oxygens (including phenoxy) is 1. The van der Waals surface area contributed by atoms with Gasteiger partial charge < -0.3 is 15.8 Å². The van der Waals surface area contributed by atoms with E-state index in [2.05, 4.69) is 5.32 Å². The number of benzene rings is 2. The average molecular weight is 369 g/mol. The molecule has 1 aliphatic carbocycles. The Labute approximate surface area is 155 Å². The quantitative estimate of drug-likeness (QED) is 0.361. The molecule has 1 amide bonds.